The zero-order valence-corrected chi connectivity index (χ0v) is 20.0. The van der Waals surface area contributed by atoms with Crippen LogP contribution in [-0.4, -0.2) is 61.5 Å². The van der Waals surface area contributed by atoms with Gasteiger partial charge in [0.05, 0.1) is 18.4 Å². The first-order valence-corrected chi connectivity index (χ1v) is 11.4. The highest BCUT2D eigenvalue weighted by molar-refractivity contribution is 9.10. The minimum atomic E-state index is 0.404. The number of anilines is 4. The summed E-state index contributed by atoms with van der Waals surface area (Å²) in [4.78, 5) is 15.3. The standard InChI is InChI=1S/C20H27BrClN7O2/c1-24-16-15(22)17(28-19(21)27-16)25-6-3-7-31-18-13(23)4-5-14(26-18)29-10-20(11-29)8-12(9-20)30-2/h4-5,12H,3,6-11,23H2,1-2H3,(H2,24,25,27,28). The molecular formula is C20H27BrClN7O2. The van der Waals surface area contributed by atoms with Gasteiger partial charge in [0, 0.05) is 39.2 Å². The third-order valence-electron chi connectivity index (χ3n) is 5.82. The number of pyridine rings is 1. The maximum absolute atomic E-state index is 6.29. The SMILES string of the molecule is CNc1nc(Br)nc(NCCCOc2nc(N3CC4(CC(OC)C4)C3)ccc2N)c1Cl. The Morgan fingerprint density at radius 2 is 2.00 bits per heavy atom. The van der Waals surface area contributed by atoms with Gasteiger partial charge in [-0.2, -0.15) is 4.98 Å². The summed E-state index contributed by atoms with van der Waals surface area (Å²) in [7, 11) is 3.54. The second-order valence-corrected chi connectivity index (χ2v) is 9.16. The summed E-state index contributed by atoms with van der Waals surface area (Å²) in [5, 5.41) is 6.59. The number of nitrogens with zero attached hydrogens (tertiary/aromatic N) is 4. The molecule has 2 fully saturated rings. The molecule has 1 spiro atoms. The maximum Gasteiger partial charge on any atom is 0.239 e. The Morgan fingerprint density at radius 3 is 2.71 bits per heavy atom. The molecule has 0 bridgehead atoms. The zero-order chi connectivity index (χ0) is 22.0. The third-order valence-corrected chi connectivity index (χ3v) is 6.53. The van der Waals surface area contributed by atoms with Crippen molar-refractivity contribution in [2.45, 2.75) is 25.4 Å². The average Bonchev–Trinajstić information content (AvgIpc) is 2.69. The van der Waals surface area contributed by atoms with Crippen molar-refractivity contribution in [2.24, 2.45) is 5.41 Å². The number of aromatic nitrogens is 3. The van der Waals surface area contributed by atoms with Crippen LogP contribution in [0.4, 0.5) is 23.1 Å². The highest BCUT2D eigenvalue weighted by atomic mass is 79.9. The molecule has 0 amide bonds. The summed E-state index contributed by atoms with van der Waals surface area (Å²) in [5.41, 5.74) is 7.01. The van der Waals surface area contributed by atoms with Crippen LogP contribution in [0.5, 0.6) is 5.88 Å². The number of nitrogens with two attached hydrogens (primary N) is 1. The fourth-order valence-electron chi connectivity index (χ4n) is 4.14. The van der Waals surface area contributed by atoms with Crippen molar-refractivity contribution in [3.05, 3.63) is 21.9 Å². The summed E-state index contributed by atoms with van der Waals surface area (Å²) < 4.78 is 11.7. The summed E-state index contributed by atoms with van der Waals surface area (Å²) in [6.07, 6.45) is 3.41. The molecule has 11 heteroatoms. The van der Waals surface area contributed by atoms with Crippen molar-refractivity contribution in [3.63, 3.8) is 0 Å². The maximum atomic E-state index is 6.29. The quantitative estimate of drug-likeness (QED) is 0.344. The lowest BCUT2D eigenvalue weighted by atomic mass is 9.62. The number of halogens is 2. The van der Waals surface area contributed by atoms with Gasteiger partial charge in [-0.1, -0.05) is 11.6 Å². The van der Waals surface area contributed by atoms with Gasteiger partial charge in [0.25, 0.3) is 0 Å². The molecule has 2 aliphatic rings. The first kappa shape index (κ1) is 22.2. The fourth-order valence-corrected chi connectivity index (χ4v) is 4.74. The fraction of sp³-hybridized carbons (Fsp3) is 0.550. The second kappa shape index (κ2) is 9.22. The van der Waals surface area contributed by atoms with E-state index in [0.717, 1.165) is 38.2 Å². The highest BCUT2D eigenvalue weighted by Gasteiger charge is 2.52. The van der Waals surface area contributed by atoms with Crippen molar-refractivity contribution in [1.82, 2.24) is 15.0 Å². The number of nitrogen functional groups attached to an aromatic ring is 1. The van der Waals surface area contributed by atoms with Crippen molar-refractivity contribution in [3.8, 4) is 5.88 Å². The normalized spacial score (nSPS) is 17.2. The number of rotatable bonds is 9. The molecule has 0 atom stereocenters. The number of ether oxygens (including phenoxy) is 2. The van der Waals surface area contributed by atoms with Crippen LogP contribution in [-0.2, 0) is 4.74 Å². The molecule has 9 nitrogen and oxygen atoms in total. The van der Waals surface area contributed by atoms with E-state index in [2.05, 4.69) is 46.4 Å². The second-order valence-electron chi connectivity index (χ2n) is 8.07. The Balaban J connectivity index is 1.25. The van der Waals surface area contributed by atoms with E-state index < -0.39 is 0 Å². The van der Waals surface area contributed by atoms with E-state index in [-0.39, 0.29) is 0 Å². The minimum Gasteiger partial charge on any atom is -0.476 e. The Labute approximate surface area is 195 Å². The van der Waals surface area contributed by atoms with Crippen LogP contribution in [0.2, 0.25) is 5.02 Å². The third kappa shape index (κ3) is 4.75. The van der Waals surface area contributed by atoms with Gasteiger partial charge in [0.15, 0.2) is 11.6 Å². The summed E-state index contributed by atoms with van der Waals surface area (Å²) in [5.74, 6) is 2.50. The van der Waals surface area contributed by atoms with Gasteiger partial charge >= 0.3 is 0 Å². The van der Waals surface area contributed by atoms with E-state index in [1.165, 1.54) is 0 Å². The number of hydrogen-bond acceptors (Lipinski definition) is 9. The largest absolute Gasteiger partial charge is 0.476 e. The Bertz CT molecular complexity index is 934. The first-order valence-electron chi connectivity index (χ1n) is 10.2. The van der Waals surface area contributed by atoms with Crippen LogP contribution in [0, 0.1) is 5.41 Å². The smallest absolute Gasteiger partial charge is 0.239 e. The molecule has 0 radical (unpaired) electrons. The van der Waals surface area contributed by atoms with Gasteiger partial charge in [-0.05, 0) is 47.3 Å². The van der Waals surface area contributed by atoms with E-state index in [0.29, 0.717) is 57.6 Å². The number of methoxy groups -OCH3 is 1. The van der Waals surface area contributed by atoms with Gasteiger partial charge in [-0.25, -0.2) is 9.97 Å². The molecule has 0 aromatic carbocycles. The Hall–Kier alpha value is -2.04. The van der Waals surface area contributed by atoms with Gasteiger partial charge in [-0.15, -0.1) is 0 Å². The molecule has 1 saturated heterocycles. The first-order chi connectivity index (χ1) is 14.9. The summed E-state index contributed by atoms with van der Waals surface area (Å²) in [6, 6.07) is 3.81. The molecular weight excluding hydrogens is 486 g/mol. The van der Waals surface area contributed by atoms with Crippen molar-refractivity contribution < 1.29 is 9.47 Å². The monoisotopic (exact) mass is 511 g/mol. The molecule has 0 unspecified atom stereocenters. The van der Waals surface area contributed by atoms with Crippen LogP contribution >= 0.6 is 27.5 Å². The Kier molecular flexibility index (Phi) is 6.59. The van der Waals surface area contributed by atoms with E-state index in [9.17, 15) is 0 Å². The molecule has 2 aromatic rings. The highest BCUT2D eigenvalue weighted by Crippen LogP contribution is 2.50. The van der Waals surface area contributed by atoms with Crippen LogP contribution in [0.1, 0.15) is 19.3 Å². The van der Waals surface area contributed by atoms with Crippen LogP contribution in [0.3, 0.4) is 0 Å². The van der Waals surface area contributed by atoms with Gasteiger partial charge in [-0.3, -0.25) is 0 Å². The number of hydrogen-bond donors (Lipinski definition) is 3. The van der Waals surface area contributed by atoms with Crippen molar-refractivity contribution >= 4 is 50.7 Å². The van der Waals surface area contributed by atoms with E-state index in [1.54, 1.807) is 14.2 Å². The van der Waals surface area contributed by atoms with E-state index in [1.807, 2.05) is 12.1 Å². The predicted octanol–water partition coefficient (Wildman–Crippen LogP) is 3.41. The molecule has 2 aromatic heterocycles. The van der Waals surface area contributed by atoms with Crippen LogP contribution in [0.15, 0.2) is 16.9 Å². The van der Waals surface area contributed by atoms with Gasteiger partial charge < -0.3 is 30.7 Å². The lowest BCUT2D eigenvalue weighted by Gasteiger charge is -2.59. The Morgan fingerprint density at radius 1 is 1.26 bits per heavy atom. The lowest BCUT2D eigenvalue weighted by Crippen LogP contribution is -2.64. The van der Waals surface area contributed by atoms with Gasteiger partial charge in [0.1, 0.15) is 10.8 Å². The topological polar surface area (TPSA) is 110 Å². The zero-order valence-electron chi connectivity index (χ0n) is 17.6. The lowest BCUT2D eigenvalue weighted by molar-refractivity contribution is -0.0733. The van der Waals surface area contributed by atoms with Crippen LogP contribution < -0.4 is 26.0 Å². The molecule has 1 aliphatic heterocycles. The summed E-state index contributed by atoms with van der Waals surface area (Å²) in [6.45, 7) is 3.12. The molecule has 31 heavy (non-hydrogen) atoms. The molecule has 1 saturated carbocycles. The predicted molar refractivity (Wildman–Crippen MR) is 126 cm³/mol. The summed E-state index contributed by atoms with van der Waals surface area (Å²) >= 11 is 9.57. The minimum absolute atomic E-state index is 0.404. The molecule has 3 heterocycles. The number of nitrogens with one attached hydrogen (secondary N) is 2. The molecule has 1 aliphatic carbocycles. The van der Waals surface area contributed by atoms with Crippen LogP contribution in [0.25, 0.3) is 0 Å². The van der Waals surface area contributed by atoms with Crippen molar-refractivity contribution in [2.75, 3.05) is 61.7 Å². The van der Waals surface area contributed by atoms with E-state index in [4.69, 9.17) is 26.8 Å². The average molecular weight is 513 g/mol. The molecule has 4 rings (SSSR count). The molecule has 168 valence electrons. The van der Waals surface area contributed by atoms with E-state index >= 15 is 0 Å². The van der Waals surface area contributed by atoms with Crippen molar-refractivity contribution in [1.29, 1.82) is 0 Å². The molecule has 4 N–H and O–H groups in total. The van der Waals surface area contributed by atoms with Gasteiger partial charge in [0.2, 0.25) is 10.6 Å².